The van der Waals surface area contributed by atoms with E-state index in [4.69, 9.17) is 9.47 Å². The summed E-state index contributed by atoms with van der Waals surface area (Å²) >= 11 is 0. The van der Waals surface area contributed by atoms with Crippen molar-refractivity contribution in [2.24, 2.45) is 23.7 Å². The van der Waals surface area contributed by atoms with E-state index >= 15 is 0 Å². The topological polar surface area (TPSA) is 52.6 Å². The maximum atomic E-state index is 12.3. The van der Waals surface area contributed by atoms with Crippen LogP contribution < -0.4 is 0 Å². The average Bonchev–Trinajstić information content (AvgIpc) is 3.05. The van der Waals surface area contributed by atoms with Gasteiger partial charge in [-0.3, -0.25) is 9.59 Å². The standard InChI is InChI=1S/2C18H16O2/c2*19-17-14-11-20-18(13-9-5-2-6-10-13)16(17)15(14)12-7-3-1-4-8-12/h2*1-10,14-16,18H,11H2/t2*14-,15-,16+,18+/m10/s1. The van der Waals surface area contributed by atoms with Gasteiger partial charge in [0.2, 0.25) is 0 Å². The minimum atomic E-state index is -0.0843. The third-order valence-corrected chi connectivity index (χ3v) is 9.22. The van der Waals surface area contributed by atoms with E-state index in [1.807, 2.05) is 72.8 Å². The van der Waals surface area contributed by atoms with Crippen LogP contribution in [0.3, 0.4) is 0 Å². The molecule has 4 aliphatic rings. The van der Waals surface area contributed by atoms with E-state index in [-0.39, 0.29) is 35.9 Å². The fourth-order valence-electron chi connectivity index (χ4n) is 7.26. The lowest BCUT2D eigenvalue weighted by molar-refractivity contribution is -0.174. The summed E-state index contributed by atoms with van der Waals surface area (Å²) in [5, 5.41) is 0. The van der Waals surface area contributed by atoms with Gasteiger partial charge in [0.15, 0.2) is 0 Å². The van der Waals surface area contributed by atoms with Gasteiger partial charge in [-0.15, -0.1) is 0 Å². The molecule has 0 amide bonds. The Morgan fingerprint density at radius 2 is 0.700 bits per heavy atom. The van der Waals surface area contributed by atoms with E-state index in [1.54, 1.807) is 0 Å². The van der Waals surface area contributed by atoms with Crippen molar-refractivity contribution in [3.05, 3.63) is 144 Å². The fourth-order valence-corrected chi connectivity index (χ4v) is 7.26. The molecule has 2 saturated carbocycles. The van der Waals surface area contributed by atoms with Crippen molar-refractivity contribution in [3.8, 4) is 0 Å². The van der Waals surface area contributed by atoms with Gasteiger partial charge in [-0.1, -0.05) is 121 Å². The molecule has 40 heavy (non-hydrogen) atoms. The van der Waals surface area contributed by atoms with Crippen LogP contribution in [-0.4, -0.2) is 24.8 Å². The second kappa shape index (κ2) is 10.6. The van der Waals surface area contributed by atoms with Gasteiger partial charge in [0.05, 0.1) is 37.3 Å². The Balaban J connectivity index is 0.000000132. The number of ketones is 2. The summed E-state index contributed by atoms with van der Waals surface area (Å²) in [6.45, 7) is 1.10. The highest BCUT2D eigenvalue weighted by Crippen LogP contribution is 2.56. The van der Waals surface area contributed by atoms with Crippen LogP contribution in [0.25, 0.3) is 0 Å². The first-order valence-electron chi connectivity index (χ1n) is 14.2. The molecule has 8 atom stereocenters. The molecule has 200 valence electrons. The van der Waals surface area contributed by atoms with Crippen LogP contribution in [0.4, 0.5) is 0 Å². The molecule has 4 heteroatoms. The minimum absolute atomic E-state index is 0.0152. The molecule has 2 aliphatic heterocycles. The quantitative estimate of drug-likeness (QED) is 0.295. The Kier molecular flexibility index (Phi) is 6.66. The number of benzene rings is 4. The summed E-state index contributed by atoms with van der Waals surface area (Å²) in [4.78, 5) is 24.7. The molecule has 2 heterocycles. The zero-order chi connectivity index (χ0) is 27.1. The molecular weight excluding hydrogens is 496 g/mol. The number of ether oxygens (including phenoxy) is 2. The summed E-state index contributed by atoms with van der Waals surface area (Å²) < 4.78 is 11.9. The Morgan fingerprint density at radius 1 is 0.400 bits per heavy atom. The van der Waals surface area contributed by atoms with E-state index in [0.717, 1.165) is 11.1 Å². The largest absolute Gasteiger partial charge is 0.372 e. The van der Waals surface area contributed by atoms with Crippen LogP contribution in [0.2, 0.25) is 0 Å². The van der Waals surface area contributed by atoms with Crippen molar-refractivity contribution in [1.82, 2.24) is 0 Å². The minimum Gasteiger partial charge on any atom is -0.372 e. The van der Waals surface area contributed by atoms with E-state index in [9.17, 15) is 9.59 Å². The molecule has 4 nitrogen and oxygen atoms in total. The van der Waals surface area contributed by atoms with Crippen LogP contribution in [0.15, 0.2) is 121 Å². The van der Waals surface area contributed by atoms with Gasteiger partial charge < -0.3 is 9.47 Å². The Labute approximate surface area is 235 Å². The molecule has 0 aromatic heterocycles. The van der Waals surface area contributed by atoms with Crippen LogP contribution in [-0.2, 0) is 19.1 Å². The van der Waals surface area contributed by atoms with Gasteiger partial charge >= 0.3 is 0 Å². The van der Waals surface area contributed by atoms with Gasteiger partial charge in [-0.05, 0) is 22.3 Å². The van der Waals surface area contributed by atoms with Gasteiger partial charge in [-0.25, -0.2) is 0 Å². The van der Waals surface area contributed by atoms with Gasteiger partial charge in [0, 0.05) is 23.7 Å². The first-order valence-corrected chi connectivity index (χ1v) is 14.2. The van der Waals surface area contributed by atoms with Crippen molar-refractivity contribution in [2.45, 2.75) is 24.0 Å². The lowest BCUT2D eigenvalue weighted by Crippen LogP contribution is -2.55. The molecule has 4 aromatic carbocycles. The Bertz CT molecular complexity index is 1270. The summed E-state index contributed by atoms with van der Waals surface area (Å²) in [6, 6.07) is 41.0. The molecule has 4 fully saturated rings. The van der Waals surface area contributed by atoms with Gasteiger partial charge in [0.1, 0.15) is 11.6 Å². The monoisotopic (exact) mass is 528 g/mol. The van der Waals surface area contributed by atoms with Gasteiger partial charge in [-0.2, -0.15) is 0 Å². The number of hydrogen-bond donors (Lipinski definition) is 0. The summed E-state index contributed by atoms with van der Waals surface area (Å²) in [7, 11) is 0. The third kappa shape index (κ3) is 4.23. The highest BCUT2D eigenvalue weighted by atomic mass is 16.5. The second-order valence-corrected chi connectivity index (χ2v) is 11.3. The molecule has 0 radical (unpaired) electrons. The normalized spacial score (nSPS) is 31.7. The lowest BCUT2D eigenvalue weighted by Gasteiger charge is -2.51. The molecule has 4 bridgehead atoms. The molecule has 0 N–H and O–H groups in total. The summed E-state index contributed by atoms with van der Waals surface area (Å²) in [6.07, 6.45) is -0.169. The SMILES string of the molecule is O=C1[C@@H]2[C@H](c3ccccc3)[C@H]1CO[C@H]2c1ccccc1.O=C1[C@H]2[C@@H](c3ccccc3)[C@@H]1CO[C@@H]2c1ccccc1. The highest BCUT2D eigenvalue weighted by Gasteiger charge is 2.59. The average molecular weight is 529 g/mol. The molecule has 0 spiro atoms. The van der Waals surface area contributed by atoms with Crippen molar-refractivity contribution in [2.75, 3.05) is 13.2 Å². The lowest BCUT2D eigenvalue weighted by atomic mass is 9.56. The third-order valence-electron chi connectivity index (χ3n) is 9.22. The molecule has 2 aliphatic carbocycles. The molecule has 2 saturated heterocycles. The number of rotatable bonds is 4. The maximum Gasteiger partial charge on any atom is 0.145 e. The predicted molar refractivity (Wildman–Crippen MR) is 153 cm³/mol. The summed E-state index contributed by atoms with van der Waals surface area (Å²) in [5.41, 5.74) is 4.77. The zero-order valence-corrected chi connectivity index (χ0v) is 22.2. The highest BCUT2D eigenvalue weighted by molar-refractivity contribution is 5.94. The van der Waals surface area contributed by atoms with E-state index in [0.29, 0.717) is 36.6 Å². The molecule has 0 unspecified atom stereocenters. The Morgan fingerprint density at radius 3 is 1.00 bits per heavy atom. The van der Waals surface area contributed by atoms with E-state index in [2.05, 4.69) is 48.5 Å². The van der Waals surface area contributed by atoms with Crippen molar-refractivity contribution >= 4 is 11.6 Å². The van der Waals surface area contributed by atoms with Crippen molar-refractivity contribution in [1.29, 1.82) is 0 Å². The van der Waals surface area contributed by atoms with Crippen molar-refractivity contribution < 1.29 is 19.1 Å². The fraction of sp³-hybridized carbons (Fsp3) is 0.278. The Hall–Kier alpha value is -3.86. The molecular formula is C36H32O4. The number of carbonyl (C=O) groups excluding carboxylic acids is 2. The smallest absolute Gasteiger partial charge is 0.145 e. The van der Waals surface area contributed by atoms with Crippen LogP contribution in [0.1, 0.15) is 46.3 Å². The van der Waals surface area contributed by atoms with E-state index < -0.39 is 0 Å². The van der Waals surface area contributed by atoms with E-state index in [1.165, 1.54) is 11.1 Å². The van der Waals surface area contributed by atoms with Crippen LogP contribution in [0, 0.1) is 23.7 Å². The predicted octanol–water partition coefficient (Wildman–Crippen LogP) is 6.71. The number of hydrogen-bond acceptors (Lipinski definition) is 4. The molecule has 4 aromatic rings. The van der Waals surface area contributed by atoms with Crippen LogP contribution >= 0.6 is 0 Å². The summed E-state index contributed by atoms with van der Waals surface area (Å²) in [5.74, 6) is 1.48. The first-order chi connectivity index (χ1) is 19.7. The first kappa shape index (κ1) is 25.1. The van der Waals surface area contributed by atoms with Crippen LogP contribution in [0.5, 0.6) is 0 Å². The maximum absolute atomic E-state index is 12.3. The molecule has 8 rings (SSSR count). The number of fused-ring (bicyclic) bond motifs is 4. The van der Waals surface area contributed by atoms with Crippen molar-refractivity contribution in [3.63, 3.8) is 0 Å². The number of Topliss-reactive ketones (excluding diaryl/α,β-unsaturated/α-hetero) is 2. The zero-order valence-electron chi connectivity index (χ0n) is 22.2. The van der Waals surface area contributed by atoms with Gasteiger partial charge in [0.25, 0.3) is 0 Å². The number of carbonyl (C=O) groups is 2. The second-order valence-electron chi connectivity index (χ2n) is 11.3.